The molecule has 0 radical (unpaired) electrons. The van der Waals surface area contributed by atoms with E-state index in [9.17, 15) is 4.79 Å². The summed E-state index contributed by atoms with van der Waals surface area (Å²) in [5, 5.41) is 6.08. The van der Waals surface area contributed by atoms with Gasteiger partial charge in [0.15, 0.2) is 0 Å². The van der Waals surface area contributed by atoms with Crippen molar-refractivity contribution in [3.05, 3.63) is 24.3 Å². The molecule has 1 aromatic carbocycles. The highest BCUT2D eigenvalue weighted by Gasteiger charge is 2.22. The molecule has 1 saturated carbocycles. The van der Waals surface area contributed by atoms with E-state index >= 15 is 0 Å². The fraction of sp³-hybridized carbons (Fsp3) is 0.462. The lowest BCUT2D eigenvalue weighted by atomic mass is 10.2. The van der Waals surface area contributed by atoms with Crippen LogP contribution in [-0.4, -0.2) is 32.6 Å². The standard InChI is InChI=1S/C13H19N3O/c1-16(2)12-5-3-4-11(8-12)14-9-13(17)15-10-6-7-10/h3-5,8,10,14H,6-7,9H2,1-2H3,(H,15,17). The van der Waals surface area contributed by atoms with Crippen LogP contribution >= 0.6 is 0 Å². The third kappa shape index (κ3) is 3.66. The van der Waals surface area contributed by atoms with Gasteiger partial charge in [0.25, 0.3) is 0 Å². The van der Waals surface area contributed by atoms with Crippen molar-refractivity contribution in [1.29, 1.82) is 0 Å². The zero-order valence-electron chi connectivity index (χ0n) is 10.4. The largest absolute Gasteiger partial charge is 0.378 e. The van der Waals surface area contributed by atoms with Crippen molar-refractivity contribution in [3.8, 4) is 0 Å². The molecule has 0 heterocycles. The smallest absolute Gasteiger partial charge is 0.239 e. The zero-order chi connectivity index (χ0) is 12.3. The topological polar surface area (TPSA) is 44.4 Å². The Morgan fingerprint density at radius 3 is 2.82 bits per heavy atom. The summed E-state index contributed by atoms with van der Waals surface area (Å²) in [4.78, 5) is 13.5. The van der Waals surface area contributed by atoms with Crippen molar-refractivity contribution in [3.63, 3.8) is 0 Å². The van der Waals surface area contributed by atoms with Crippen LogP contribution in [0.3, 0.4) is 0 Å². The van der Waals surface area contributed by atoms with Crippen LogP contribution in [-0.2, 0) is 4.79 Å². The van der Waals surface area contributed by atoms with Gasteiger partial charge in [0.2, 0.25) is 5.91 Å². The molecule has 0 bridgehead atoms. The highest BCUT2D eigenvalue weighted by molar-refractivity contribution is 5.81. The minimum Gasteiger partial charge on any atom is -0.378 e. The summed E-state index contributed by atoms with van der Waals surface area (Å²) in [5.74, 6) is 0.0720. The molecule has 0 atom stereocenters. The molecule has 1 aliphatic rings. The monoisotopic (exact) mass is 233 g/mol. The zero-order valence-corrected chi connectivity index (χ0v) is 10.4. The van der Waals surface area contributed by atoms with Gasteiger partial charge in [-0.3, -0.25) is 4.79 Å². The first-order chi connectivity index (χ1) is 8.15. The molecular formula is C13H19N3O. The van der Waals surface area contributed by atoms with E-state index in [4.69, 9.17) is 0 Å². The van der Waals surface area contributed by atoms with Gasteiger partial charge in [0.05, 0.1) is 6.54 Å². The van der Waals surface area contributed by atoms with Crippen LogP contribution in [0.1, 0.15) is 12.8 Å². The van der Waals surface area contributed by atoms with Gasteiger partial charge in [-0.1, -0.05) is 6.07 Å². The normalized spacial score (nSPS) is 14.2. The van der Waals surface area contributed by atoms with Crippen molar-refractivity contribution < 1.29 is 4.79 Å². The van der Waals surface area contributed by atoms with E-state index in [1.165, 1.54) is 0 Å². The number of nitrogens with zero attached hydrogens (tertiary/aromatic N) is 1. The first-order valence-electron chi connectivity index (χ1n) is 5.96. The van der Waals surface area contributed by atoms with Gasteiger partial charge in [-0.05, 0) is 31.0 Å². The maximum atomic E-state index is 11.5. The maximum Gasteiger partial charge on any atom is 0.239 e. The van der Waals surface area contributed by atoms with E-state index in [1.807, 2.05) is 43.3 Å². The van der Waals surface area contributed by atoms with Crippen LogP contribution in [0, 0.1) is 0 Å². The summed E-state index contributed by atoms with van der Waals surface area (Å²) in [6.07, 6.45) is 2.25. The highest BCUT2D eigenvalue weighted by atomic mass is 16.2. The van der Waals surface area contributed by atoms with Gasteiger partial charge in [0.1, 0.15) is 0 Å². The Morgan fingerprint density at radius 1 is 1.41 bits per heavy atom. The summed E-state index contributed by atoms with van der Waals surface area (Å²) in [7, 11) is 4.00. The lowest BCUT2D eigenvalue weighted by Gasteiger charge is -2.14. The van der Waals surface area contributed by atoms with Crippen LogP contribution in [0.2, 0.25) is 0 Å². The molecule has 1 aliphatic carbocycles. The lowest BCUT2D eigenvalue weighted by molar-refractivity contribution is -0.119. The average molecular weight is 233 g/mol. The first kappa shape index (κ1) is 11.8. The van der Waals surface area contributed by atoms with Gasteiger partial charge >= 0.3 is 0 Å². The van der Waals surface area contributed by atoms with Crippen molar-refractivity contribution in [2.75, 3.05) is 30.9 Å². The van der Waals surface area contributed by atoms with Crippen LogP contribution < -0.4 is 15.5 Å². The van der Waals surface area contributed by atoms with E-state index in [0.717, 1.165) is 24.2 Å². The number of rotatable bonds is 5. The van der Waals surface area contributed by atoms with E-state index in [-0.39, 0.29) is 5.91 Å². The van der Waals surface area contributed by atoms with Crippen LogP contribution in [0.4, 0.5) is 11.4 Å². The summed E-state index contributed by atoms with van der Waals surface area (Å²) < 4.78 is 0. The molecule has 0 spiro atoms. The molecule has 1 aromatic rings. The Balaban J connectivity index is 1.84. The second-order valence-electron chi connectivity index (χ2n) is 4.64. The highest BCUT2D eigenvalue weighted by Crippen LogP contribution is 2.19. The minimum absolute atomic E-state index is 0.0720. The molecule has 2 N–H and O–H groups in total. The van der Waals surface area contributed by atoms with E-state index in [0.29, 0.717) is 12.6 Å². The van der Waals surface area contributed by atoms with E-state index in [1.54, 1.807) is 0 Å². The quantitative estimate of drug-likeness (QED) is 0.809. The molecule has 92 valence electrons. The Kier molecular flexibility index (Phi) is 3.52. The summed E-state index contributed by atoms with van der Waals surface area (Å²) in [6.45, 7) is 0.341. The molecule has 1 fully saturated rings. The van der Waals surface area contributed by atoms with Gasteiger partial charge in [-0.15, -0.1) is 0 Å². The Bertz CT molecular complexity index is 399. The molecule has 0 aromatic heterocycles. The van der Waals surface area contributed by atoms with Gasteiger partial charge < -0.3 is 15.5 Å². The van der Waals surface area contributed by atoms with Gasteiger partial charge in [-0.25, -0.2) is 0 Å². The van der Waals surface area contributed by atoms with Crippen LogP contribution in [0.25, 0.3) is 0 Å². The SMILES string of the molecule is CN(C)c1cccc(NCC(=O)NC2CC2)c1. The Labute approximate surface area is 102 Å². The number of amides is 1. The molecule has 0 unspecified atom stereocenters. The van der Waals surface area contributed by atoms with Crippen molar-refractivity contribution >= 4 is 17.3 Å². The lowest BCUT2D eigenvalue weighted by Crippen LogP contribution is -2.31. The number of carbonyl (C=O) groups is 1. The Morgan fingerprint density at radius 2 is 2.18 bits per heavy atom. The predicted octanol–water partition coefficient (Wildman–Crippen LogP) is 1.44. The number of benzene rings is 1. The number of nitrogens with one attached hydrogen (secondary N) is 2. The van der Waals surface area contributed by atoms with Crippen molar-refractivity contribution in [2.24, 2.45) is 0 Å². The summed E-state index contributed by atoms with van der Waals surface area (Å²) in [6, 6.07) is 8.45. The van der Waals surface area contributed by atoms with E-state index < -0.39 is 0 Å². The van der Waals surface area contributed by atoms with Crippen molar-refractivity contribution in [1.82, 2.24) is 5.32 Å². The molecule has 17 heavy (non-hydrogen) atoms. The van der Waals surface area contributed by atoms with Crippen LogP contribution in [0.5, 0.6) is 0 Å². The number of hydrogen-bond acceptors (Lipinski definition) is 3. The summed E-state index contributed by atoms with van der Waals surface area (Å²) in [5.41, 5.74) is 2.10. The first-order valence-corrected chi connectivity index (χ1v) is 5.96. The number of hydrogen-bond donors (Lipinski definition) is 2. The third-order valence-corrected chi connectivity index (χ3v) is 2.76. The molecule has 4 heteroatoms. The number of carbonyl (C=O) groups excluding carboxylic acids is 1. The second kappa shape index (κ2) is 5.08. The molecule has 1 amide bonds. The second-order valence-corrected chi connectivity index (χ2v) is 4.64. The fourth-order valence-corrected chi connectivity index (χ4v) is 1.58. The molecule has 0 aliphatic heterocycles. The maximum absolute atomic E-state index is 11.5. The summed E-state index contributed by atoms with van der Waals surface area (Å²) >= 11 is 0. The molecular weight excluding hydrogens is 214 g/mol. The average Bonchev–Trinajstić information content (AvgIpc) is 3.11. The molecule has 2 rings (SSSR count). The minimum atomic E-state index is 0.0720. The fourth-order valence-electron chi connectivity index (χ4n) is 1.58. The van der Waals surface area contributed by atoms with Crippen molar-refractivity contribution in [2.45, 2.75) is 18.9 Å². The van der Waals surface area contributed by atoms with Crippen LogP contribution in [0.15, 0.2) is 24.3 Å². The number of anilines is 2. The third-order valence-electron chi connectivity index (χ3n) is 2.76. The predicted molar refractivity (Wildman–Crippen MR) is 70.4 cm³/mol. The molecule has 0 saturated heterocycles. The van der Waals surface area contributed by atoms with Gasteiger partial charge in [0, 0.05) is 31.5 Å². The Hall–Kier alpha value is -1.71. The molecule has 4 nitrogen and oxygen atoms in total. The van der Waals surface area contributed by atoms with E-state index in [2.05, 4.69) is 10.6 Å². The van der Waals surface area contributed by atoms with Gasteiger partial charge in [-0.2, -0.15) is 0 Å².